The van der Waals surface area contributed by atoms with Gasteiger partial charge in [-0.1, -0.05) is 0 Å². The minimum absolute atomic E-state index is 0.00692. The average molecular weight is 469 g/mol. The van der Waals surface area contributed by atoms with Crippen LogP contribution in [0.5, 0.6) is 11.5 Å². The van der Waals surface area contributed by atoms with Crippen molar-refractivity contribution in [1.29, 1.82) is 5.26 Å². The van der Waals surface area contributed by atoms with Gasteiger partial charge in [0.2, 0.25) is 5.82 Å². The van der Waals surface area contributed by atoms with Crippen LogP contribution in [0.3, 0.4) is 0 Å². The Kier molecular flexibility index (Phi) is 4.63. The summed E-state index contributed by atoms with van der Waals surface area (Å²) in [7, 11) is 0. The monoisotopic (exact) mass is 468 g/mol. The van der Waals surface area contributed by atoms with Crippen LogP contribution in [0, 0.1) is 32.4 Å². The van der Waals surface area contributed by atoms with E-state index in [1.807, 2.05) is 0 Å². The number of nitriles is 1. The van der Waals surface area contributed by atoms with Crippen LogP contribution >= 0.6 is 38.5 Å². The SMILES string of the molecule is N#Cc1cc(Oc2c(F)c(F)c(N)c(I)c2Br)ccc1F. The molecule has 0 atom stereocenters. The zero-order chi connectivity index (χ0) is 15.7. The lowest BCUT2D eigenvalue weighted by molar-refractivity contribution is 0.413. The van der Waals surface area contributed by atoms with Gasteiger partial charge in [-0.05, 0) is 50.7 Å². The molecule has 2 rings (SSSR count). The highest BCUT2D eigenvalue weighted by atomic mass is 127. The number of hydrogen-bond donors (Lipinski definition) is 1. The summed E-state index contributed by atoms with van der Waals surface area (Å²) in [5.74, 6) is -3.68. The van der Waals surface area contributed by atoms with E-state index >= 15 is 0 Å². The smallest absolute Gasteiger partial charge is 0.204 e. The van der Waals surface area contributed by atoms with Gasteiger partial charge in [0.1, 0.15) is 17.6 Å². The van der Waals surface area contributed by atoms with Crippen LogP contribution in [-0.4, -0.2) is 0 Å². The van der Waals surface area contributed by atoms with Gasteiger partial charge in [-0.25, -0.2) is 8.78 Å². The van der Waals surface area contributed by atoms with Crippen LogP contribution in [-0.2, 0) is 0 Å². The first-order valence-corrected chi connectivity index (χ1v) is 7.23. The second-order valence-electron chi connectivity index (χ2n) is 3.85. The fourth-order valence-corrected chi connectivity index (χ4v) is 2.44. The van der Waals surface area contributed by atoms with E-state index in [4.69, 9.17) is 15.7 Å². The second-order valence-corrected chi connectivity index (χ2v) is 5.73. The molecular formula is C13H5BrF3IN2O. The van der Waals surface area contributed by atoms with Crippen molar-refractivity contribution < 1.29 is 17.9 Å². The van der Waals surface area contributed by atoms with Gasteiger partial charge in [-0.2, -0.15) is 9.65 Å². The van der Waals surface area contributed by atoms with Crippen LogP contribution in [0.15, 0.2) is 22.7 Å². The van der Waals surface area contributed by atoms with E-state index in [0.717, 1.165) is 12.1 Å². The molecule has 0 bridgehead atoms. The molecule has 0 heterocycles. The van der Waals surface area contributed by atoms with Gasteiger partial charge in [0.05, 0.1) is 19.3 Å². The summed E-state index contributed by atoms with van der Waals surface area (Å²) in [4.78, 5) is 0. The van der Waals surface area contributed by atoms with E-state index < -0.39 is 23.2 Å². The Morgan fingerprint density at radius 1 is 1.24 bits per heavy atom. The molecule has 0 unspecified atom stereocenters. The predicted octanol–water partition coefficient (Wildman–Crippen LogP) is 4.72. The number of rotatable bonds is 2. The minimum atomic E-state index is -1.28. The van der Waals surface area contributed by atoms with Gasteiger partial charge in [-0.3, -0.25) is 0 Å². The highest BCUT2D eigenvalue weighted by Crippen LogP contribution is 2.40. The van der Waals surface area contributed by atoms with E-state index in [0.29, 0.717) is 0 Å². The molecule has 0 amide bonds. The number of hydrogen-bond acceptors (Lipinski definition) is 3. The lowest BCUT2D eigenvalue weighted by atomic mass is 10.2. The molecule has 0 saturated heterocycles. The fourth-order valence-electron chi connectivity index (χ4n) is 1.49. The maximum Gasteiger partial charge on any atom is 0.204 e. The number of nitrogens with zero attached hydrogens (tertiary/aromatic N) is 1. The van der Waals surface area contributed by atoms with Crippen LogP contribution in [0.1, 0.15) is 5.56 Å². The quantitative estimate of drug-likeness (QED) is 0.394. The summed E-state index contributed by atoms with van der Waals surface area (Å²) in [6, 6.07) is 4.91. The van der Waals surface area contributed by atoms with Crippen LogP contribution in [0.2, 0.25) is 0 Å². The molecule has 3 nitrogen and oxygen atoms in total. The van der Waals surface area contributed by atoms with Gasteiger partial charge >= 0.3 is 0 Å². The number of anilines is 1. The van der Waals surface area contributed by atoms with Gasteiger partial charge in [0.25, 0.3) is 0 Å². The minimum Gasteiger partial charge on any atom is -0.453 e. The normalized spacial score (nSPS) is 10.3. The molecule has 0 radical (unpaired) electrons. The summed E-state index contributed by atoms with van der Waals surface area (Å²) in [5.41, 5.74) is 4.80. The van der Waals surface area contributed by atoms with Crippen LogP contribution in [0.25, 0.3) is 0 Å². The number of halogens is 5. The topological polar surface area (TPSA) is 59.0 Å². The zero-order valence-electron chi connectivity index (χ0n) is 10.1. The van der Waals surface area contributed by atoms with Crippen molar-refractivity contribution in [2.45, 2.75) is 0 Å². The van der Waals surface area contributed by atoms with Crippen molar-refractivity contribution in [2.75, 3.05) is 5.73 Å². The Morgan fingerprint density at radius 3 is 2.52 bits per heavy atom. The molecule has 0 aromatic heterocycles. The van der Waals surface area contributed by atoms with E-state index in [1.54, 1.807) is 28.7 Å². The Morgan fingerprint density at radius 2 is 1.90 bits per heavy atom. The van der Waals surface area contributed by atoms with E-state index in [2.05, 4.69) is 15.9 Å². The zero-order valence-corrected chi connectivity index (χ0v) is 13.8. The molecule has 0 fully saturated rings. The van der Waals surface area contributed by atoms with Gasteiger partial charge in [0, 0.05) is 6.07 Å². The fraction of sp³-hybridized carbons (Fsp3) is 0. The number of nitrogen functional groups attached to an aromatic ring is 1. The van der Waals surface area contributed by atoms with E-state index in [-0.39, 0.29) is 25.0 Å². The number of ether oxygens (including phenoxy) is 1. The van der Waals surface area contributed by atoms with Gasteiger partial charge < -0.3 is 10.5 Å². The highest BCUT2D eigenvalue weighted by Gasteiger charge is 2.22. The Bertz CT molecular complexity index is 748. The number of benzene rings is 2. The maximum atomic E-state index is 13.9. The molecule has 0 saturated carbocycles. The molecule has 2 aromatic rings. The lowest BCUT2D eigenvalue weighted by Gasteiger charge is -2.13. The maximum absolute atomic E-state index is 13.9. The molecule has 0 spiro atoms. The largest absolute Gasteiger partial charge is 0.453 e. The molecule has 0 aliphatic heterocycles. The Balaban J connectivity index is 2.53. The number of nitrogens with two attached hydrogens (primary N) is 1. The molecule has 2 aromatic carbocycles. The molecule has 0 aliphatic rings. The van der Waals surface area contributed by atoms with E-state index in [9.17, 15) is 13.2 Å². The van der Waals surface area contributed by atoms with Crippen molar-refractivity contribution >= 4 is 44.2 Å². The highest BCUT2D eigenvalue weighted by molar-refractivity contribution is 14.1. The molecule has 0 aliphatic carbocycles. The van der Waals surface area contributed by atoms with Crippen molar-refractivity contribution in [1.82, 2.24) is 0 Å². The third-order valence-electron chi connectivity index (χ3n) is 2.54. The molecule has 108 valence electrons. The third kappa shape index (κ3) is 2.94. The van der Waals surface area contributed by atoms with Gasteiger partial charge in [0.15, 0.2) is 11.6 Å². The molecular weight excluding hydrogens is 464 g/mol. The van der Waals surface area contributed by atoms with Crippen molar-refractivity contribution in [3.63, 3.8) is 0 Å². The van der Waals surface area contributed by atoms with E-state index in [1.165, 1.54) is 6.07 Å². The average Bonchev–Trinajstić information content (AvgIpc) is 2.49. The third-order valence-corrected chi connectivity index (χ3v) is 5.15. The van der Waals surface area contributed by atoms with Crippen molar-refractivity contribution in [3.05, 3.63) is 49.3 Å². The van der Waals surface area contributed by atoms with Crippen molar-refractivity contribution in [2.24, 2.45) is 0 Å². The summed E-state index contributed by atoms with van der Waals surface area (Å²) in [6.45, 7) is 0. The Hall–Kier alpha value is -1.47. The standard InChI is InChI=1S/C13H5BrF3IN2O/c14-8-11(18)12(20)9(16)10(17)13(8)21-6-1-2-7(15)5(3-6)4-19/h1-3H,20H2. The predicted molar refractivity (Wildman–Crippen MR) is 82.4 cm³/mol. The summed E-state index contributed by atoms with van der Waals surface area (Å²) >= 11 is 4.79. The van der Waals surface area contributed by atoms with Crippen molar-refractivity contribution in [3.8, 4) is 17.6 Å². The molecule has 21 heavy (non-hydrogen) atoms. The van der Waals surface area contributed by atoms with Crippen LogP contribution in [0.4, 0.5) is 18.9 Å². The molecule has 8 heteroatoms. The lowest BCUT2D eigenvalue weighted by Crippen LogP contribution is -2.02. The molecule has 2 N–H and O–H groups in total. The first kappa shape index (κ1) is 15.9. The first-order chi connectivity index (χ1) is 9.86. The summed E-state index contributed by atoms with van der Waals surface area (Å²) in [5, 5.41) is 8.74. The Labute approximate surface area is 139 Å². The first-order valence-electron chi connectivity index (χ1n) is 5.35. The second kappa shape index (κ2) is 6.11. The van der Waals surface area contributed by atoms with Gasteiger partial charge in [-0.15, -0.1) is 0 Å². The summed E-state index contributed by atoms with van der Waals surface area (Å²) in [6.07, 6.45) is 0. The summed E-state index contributed by atoms with van der Waals surface area (Å²) < 4.78 is 46.3. The van der Waals surface area contributed by atoms with Crippen LogP contribution < -0.4 is 10.5 Å².